The molecule has 0 saturated carbocycles. The van der Waals surface area contributed by atoms with Crippen LogP contribution in [0.15, 0.2) is 42.5 Å². The molecule has 1 heterocycles. The van der Waals surface area contributed by atoms with Crippen molar-refractivity contribution in [1.29, 1.82) is 0 Å². The topological polar surface area (TPSA) is 52.0 Å². The number of amides is 1. The van der Waals surface area contributed by atoms with Crippen molar-refractivity contribution in [2.45, 2.75) is 32.4 Å². The van der Waals surface area contributed by atoms with E-state index in [0.29, 0.717) is 23.6 Å². The number of ether oxygens (including phenoxy) is 2. The first-order valence-corrected chi connectivity index (χ1v) is 9.61. The molecular weight excluding hydrogens is 340 g/mol. The van der Waals surface area contributed by atoms with E-state index in [1.54, 1.807) is 37.3 Å². The Kier molecular flexibility index (Phi) is 6.71. The predicted octanol–water partition coefficient (Wildman–Crippen LogP) is 2.20. The summed E-state index contributed by atoms with van der Waals surface area (Å²) in [6, 6.07) is 13.8. The molecule has 2 aromatic carbocycles. The quantitative estimate of drug-likeness (QED) is 0.787. The standard InChI is InChI=1S/C22H28N2O3/c1-26-19-10-11-21(27-2)20(14-19)22(25)23-15-17-6-8-18(9-7-17)16-24-12-4-3-5-13-24/h6-11,14H,3-5,12-13,15-16H2,1-2H3,(H,23,25)/p+1. The summed E-state index contributed by atoms with van der Waals surface area (Å²) < 4.78 is 10.5. The molecule has 0 aliphatic carbocycles. The van der Waals surface area contributed by atoms with Crippen molar-refractivity contribution in [2.75, 3.05) is 27.3 Å². The summed E-state index contributed by atoms with van der Waals surface area (Å²) in [7, 11) is 3.14. The van der Waals surface area contributed by atoms with Crippen molar-refractivity contribution in [3.8, 4) is 11.5 Å². The van der Waals surface area contributed by atoms with Gasteiger partial charge in [-0.25, -0.2) is 0 Å². The molecule has 1 amide bonds. The van der Waals surface area contributed by atoms with Gasteiger partial charge in [0, 0.05) is 12.1 Å². The SMILES string of the molecule is COc1ccc(OC)c(C(=O)NCc2ccc(C[NH+]3CCCCC3)cc2)c1. The van der Waals surface area contributed by atoms with E-state index in [2.05, 4.69) is 29.6 Å². The Hall–Kier alpha value is -2.53. The molecule has 1 fully saturated rings. The fourth-order valence-electron chi connectivity index (χ4n) is 3.56. The average Bonchev–Trinajstić information content (AvgIpc) is 2.73. The van der Waals surface area contributed by atoms with Crippen molar-refractivity contribution in [2.24, 2.45) is 0 Å². The lowest BCUT2D eigenvalue weighted by atomic mass is 10.1. The van der Waals surface area contributed by atoms with Crippen LogP contribution < -0.4 is 19.7 Å². The van der Waals surface area contributed by atoms with Gasteiger partial charge in [0.1, 0.15) is 18.0 Å². The van der Waals surface area contributed by atoms with Gasteiger partial charge in [0.25, 0.3) is 5.91 Å². The Balaban J connectivity index is 1.57. The first-order chi connectivity index (χ1) is 13.2. The summed E-state index contributed by atoms with van der Waals surface area (Å²) in [5.74, 6) is 0.992. The van der Waals surface area contributed by atoms with E-state index < -0.39 is 0 Å². The van der Waals surface area contributed by atoms with Crippen LogP contribution in [0.4, 0.5) is 0 Å². The van der Waals surface area contributed by atoms with Crippen molar-refractivity contribution in [1.82, 2.24) is 5.32 Å². The maximum atomic E-state index is 12.5. The number of carbonyl (C=O) groups excluding carboxylic acids is 1. The van der Waals surface area contributed by atoms with Crippen LogP contribution >= 0.6 is 0 Å². The summed E-state index contributed by atoms with van der Waals surface area (Å²) in [5.41, 5.74) is 2.92. The van der Waals surface area contributed by atoms with Crippen molar-refractivity contribution >= 4 is 5.91 Å². The van der Waals surface area contributed by atoms with Gasteiger partial charge in [-0.2, -0.15) is 0 Å². The normalized spacial score (nSPS) is 14.6. The number of hydrogen-bond acceptors (Lipinski definition) is 3. The minimum atomic E-state index is -0.174. The molecule has 5 heteroatoms. The first-order valence-electron chi connectivity index (χ1n) is 9.61. The average molecular weight is 369 g/mol. The van der Waals surface area contributed by atoms with Gasteiger partial charge >= 0.3 is 0 Å². The van der Waals surface area contributed by atoms with Gasteiger partial charge in [-0.05, 0) is 43.0 Å². The highest BCUT2D eigenvalue weighted by atomic mass is 16.5. The molecular formula is C22H29N2O3+. The number of nitrogens with one attached hydrogen (secondary N) is 2. The number of hydrogen-bond donors (Lipinski definition) is 2. The maximum absolute atomic E-state index is 12.5. The van der Waals surface area contributed by atoms with Gasteiger partial charge in [-0.1, -0.05) is 24.3 Å². The van der Waals surface area contributed by atoms with Crippen molar-refractivity contribution < 1.29 is 19.2 Å². The Bertz CT molecular complexity index is 753. The van der Waals surface area contributed by atoms with Gasteiger partial charge in [0.05, 0.1) is 32.9 Å². The van der Waals surface area contributed by atoms with Gasteiger partial charge in [-0.3, -0.25) is 4.79 Å². The monoisotopic (exact) mass is 369 g/mol. The van der Waals surface area contributed by atoms with E-state index in [0.717, 1.165) is 12.1 Å². The fraction of sp³-hybridized carbons (Fsp3) is 0.409. The number of methoxy groups -OCH3 is 2. The highest BCUT2D eigenvalue weighted by Gasteiger charge is 2.15. The molecule has 1 aliphatic heterocycles. The third-order valence-corrected chi connectivity index (χ3v) is 5.14. The second kappa shape index (κ2) is 9.42. The minimum absolute atomic E-state index is 0.174. The van der Waals surface area contributed by atoms with Crippen molar-refractivity contribution in [3.05, 3.63) is 59.2 Å². The first kappa shape index (κ1) is 19.2. The van der Waals surface area contributed by atoms with Gasteiger partial charge in [0.15, 0.2) is 0 Å². The second-order valence-electron chi connectivity index (χ2n) is 7.05. The zero-order valence-electron chi connectivity index (χ0n) is 16.2. The molecule has 3 rings (SSSR count). The van der Waals surface area contributed by atoms with E-state index in [1.807, 2.05) is 0 Å². The lowest BCUT2D eigenvalue weighted by Gasteiger charge is -2.23. The molecule has 0 aromatic heterocycles. The van der Waals surface area contributed by atoms with Crippen LogP contribution in [0.2, 0.25) is 0 Å². The van der Waals surface area contributed by atoms with Crippen molar-refractivity contribution in [3.63, 3.8) is 0 Å². The summed E-state index contributed by atoms with van der Waals surface area (Å²) in [6.07, 6.45) is 4.06. The molecule has 144 valence electrons. The van der Waals surface area contributed by atoms with E-state index >= 15 is 0 Å². The highest BCUT2D eigenvalue weighted by molar-refractivity contribution is 5.97. The molecule has 0 atom stereocenters. The predicted molar refractivity (Wildman–Crippen MR) is 105 cm³/mol. The highest BCUT2D eigenvalue weighted by Crippen LogP contribution is 2.23. The van der Waals surface area contributed by atoms with E-state index in [-0.39, 0.29) is 5.91 Å². The third-order valence-electron chi connectivity index (χ3n) is 5.14. The van der Waals surface area contributed by atoms with Crippen LogP contribution in [0.1, 0.15) is 40.7 Å². The van der Waals surface area contributed by atoms with Gasteiger partial charge < -0.3 is 19.7 Å². The summed E-state index contributed by atoms with van der Waals surface area (Å²) >= 11 is 0. The molecule has 0 unspecified atom stereocenters. The third kappa shape index (κ3) is 5.23. The Morgan fingerprint density at radius 3 is 2.33 bits per heavy atom. The Morgan fingerprint density at radius 2 is 1.67 bits per heavy atom. The number of carbonyl (C=O) groups is 1. The van der Waals surface area contributed by atoms with E-state index in [9.17, 15) is 4.79 Å². The fourth-order valence-corrected chi connectivity index (χ4v) is 3.56. The summed E-state index contributed by atoms with van der Waals surface area (Å²) in [5, 5.41) is 2.96. The van der Waals surface area contributed by atoms with Gasteiger partial charge in [0.2, 0.25) is 0 Å². The molecule has 0 bridgehead atoms. The molecule has 27 heavy (non-hydrogen) atoms. The van der Waals surface area contributed by atoms with E-state index in [1.165, 1.54) is 37.9 Å². The maximum Gasteiger partial charge on any atom is 0.255 e. The number of quaternary nitrogens is 1. The van der Waals surface area contributed by atoms with Crippen LogP contribution in [-0.2, 0) is 13.1 Å². The number of benzene rings is 2. The van der Waals surface area contributed by atoms with Crippen LogP contribution in [0.25, 0.3) is 0 Å². The van der Waals surface area contributed by atoms with Crippen LogP contribution in [0.3, 0.4) is 0 Å². The molecule has 2 aromatic rings. The lowest BCUT2D eigenvalue weighted by Crippen LogP contribution is -3.11. The second-order valence-corrected chi connectivity index (χ2v) is 7.05. The summed E-state index contributed by atoms with van der Waals surface area (Å²) in [6.45, 7) is 4.13. The number of rotatable bonds is 7. The Morgan fingerprint density at radius 1 is 0.963 bits per heavy atom. The molecule has 5 nitrogen and oxygen atoms in total. The van der Waals surface area contributed by atoms with Crippen LogP contribution in [0.5, 0.6) is 11.5 Å². The van der Waals surface area contributed by atoms with Gasteiger partial charge in [-0.15, -0.1) is 0 Å². The number of piperidine rings is 1. The zero-order chi connectivity index (χ0) is 19.1. The van der Waals surface area contributed by atoms with E-state index in [4.69, 9.17) is 9.47 Å². The minimum Gasteiger partial charge on any atom is -0.497 e. The molecule has 0 spiro atoms. The molecule has 1 saturated heterocycles. The van der Waals surface area contributed by atoms with Crippen LogP contribution in [-0.4, -0.2) is 33.2 Å². The largest absolute Gasteiger partial charge is 0.497 e. The van der Waals surface area contributed by atoms with Crippen LogP contribution in [0, 0.1) is 0 Å². The Labute approximate surface area is 161 Å². The number of likely N-dealkylation sites (tertiary alicyclic amines) is 1. The molecule has 1 aliphatic rings. The smallest absolute Gasteiger partial charge is 0.255 e. The molecule has 2 N–H and O–H groups in total. The molecule has 0 radical (unpaired) electrons. The zero-order valence-corrected chi connectivity index (χ0v) is 16.2. The summed E-state index contributed by atoms with van der Waals surface area (Å²) in [4.78, 5) is 14.2. The lowest BCUT2D eigenvalue weighted by molar-refractivity contribution is -0.918.